The van der Waals surface area contributed by atoms with Crippen molar-refractivity contribution in [3.05, 3.63) is 0 Å². The van der Waals surface area contributed by atoms with E-state index in [-0.39, 0.29) is 18.0 Å². The summed E-state index contributed by atoms with van der Waals surface area (Å²) in [6.45, 7) is 24.2. The second kappa shape index (κ2) is 31.8. The molecule has 0 bridgehead atoms. The Hall–Kier alpha value is -1.18. The van der Waals surface area contributed by atoms with E-state index in [2.05, 4.69) is 74.3 Å². The van der Waals surface area contributed by atoms with Gasteiger partial charge in [0.1, 0.15) is 0 Å². The van der Waals surface area contributed by atoms with Crippen LogP contribution >= 0.6 is 0 Å². The van der Waals surface area contributed by atoms with Crippen LogP contribution in [0.15, 0.2) is 0 Å². The topological polar surface area (TPSA) is 74.3 Å². The highest BCUT2D eigenvalue weighted by atomic mass is 16.7. The molecule has 0 amide bonds. The van der Waals surface area contributed by atoms with Gasteiger partial charge in [-0.1, -0.05) is 139 Å². The molecule has 1 heterocycles. The molecule has 326 valence electrons. The largest absolute Gasteiger partial charge is 0.465 e. The molecule has 0 saturated carbocycles. The molecule has 55 heavy (non-hydrogen) atoms. The van der Waals surface area contributed by atoms with Gasteiger partial charge in [0.25, 0.3) is 0 Å². The molecular formula is C48H93NO6. The molecule has 0 spiro atoms. The van der Waals surface area contributed by atoms with Crippen LogP contribution in [-0.4, -0.2) is 68.7 Å². The third-order valence-electron chi connectivity index (χ3n) is 12.2. The van der Waals surface area contributed by atoms with E-state index in [0.29, 0.717) is 68.2 Å². The Morgan fingerprint density at radius 1 is 0.618 bits per heavy atom. The lowest BCUT2D eigenvalue weighted by Crippen LogP contribution is -2.32. The minimum atomic E-state index is -0.414. The Morgan fingerprint density at radius 2 is 1.02 bits per heavy atom. The molecule has 0 aromatic carbocycles. The zero-order valence-corrected chi connectivity index (χ0v) is 38.2. The van der Waals surface area contributed by atoms with Crippen molar-refractivity contribution in [2.24, 2.45) is 35.5 Å². The van der Waals surface area contributed by atoms with Crippen molar-refractivity contribution in [1.29, 1.82) is 0 Å². The quantitative estimate of drug-likeness (QED) is 0.0463. The van der Waals surface area contributed by atoms with Gasteiger partial charge in [-0.2, -0.15) is 0 Å². The standard InChI is InChI=1S/C48H93NO6/c1-11-49(10)35-32-45-38-54-48(55-45,33-24-20-16-12-14-18-22-26-46(50)52-36-43(41(6)7)30-28-39(2)3)34-25-21-17-13-15-19-23-27-47(51)53-37-44(42(8)9)31-29-40(4)5/h39-45H,11-38H2,1-10H3. The van der Waals surface area contributed by atoms with Crippen molar-refractivity contribution in [2.75, 3.05) is 40.0 Å². The molecule has 1 saturated heterocycles. The zero-order chi connectivity index (χ0) is 40.9. The van der Waals surface area contributed by atoms with E-state index in [1.165, 1.54) is 64.2 Å². The van der Waals surface area contributed by atoms with Crippen LogP contribution < -0.4 is 0 Å². The van der Waals surface area contributed by atoms with E-state index in [1.54, 1.807) is 0 Å². The van der Waals surface area contributed by atoms with Gasteiger partial charge in [0.2, 0.25) is 0 Å². The van der Waals surface area contributed by atoms with E-state index in [4.69, 9.17) is 18.9 Å². The number of esters is 2. The minimum Gasteiger partial charge on any atom is -0.465 e. The zero-order valence-electron chi connectivity index (χ0n) is 38.2. The highest BCUT2D eigenvalue weighted by molar-refractivity contribution is 5.69. The van der Waals surface area contributed by atoms with Gasteiger partial charge in [-0.25, -0.2) is 0 Å². The van der Waals surface area contributed by atoms with Gasteiger partial charge in [0.05, 0.1) is 25.9 Å². The van der Waals surface area contributed by atoms with Crippen molar-refractivity contribution in [3.8, 4) is 0 Å². The number of hydrogen-bond acceptors (Lipinski definition) is 7. The summed E-state index contributed by atoms with van der Waals surface area (Å²) in [5.74, 6) is 2.97. The number of carbonyl (C=O) groups is 2. The van der Waals surface area contributed by atoms with Crippen LogP contribution in [0.4, 0.5) is 0 Å². The Morgan fingerprint density at radius 3 is 1.40 bits per heavy atom. The fourth-order valence-corrected chi connectivity index (χ4v) is 7.62. The Balaban J connectivity index is 2.28. The Labute approximate surface area is 341 Å². The van der Waals surface area contributed by atoms with Gasteiger partial charge in [-0.15, -0.1) is 0 Å². The monoisotopic (exact) mass is 780 g/mol. The molecule has 3 atom stereocenters. The molecule has 7 heteroatoms. The third-order valence-corrected chi connectivity index (χ3v) is 12.2. The summed E-state index contributed by atoms with van der Waals surface area (Å²) in [5, 5.41) is 0. The number of unbranched alkanes of at least 4 members (excludes halogenated alkanes) is 12. The van der Waals surface area contributed by atoms with Gasteiger partial charge >= 0.3 is 11.9 Å². The minimum absolute atomic E-state index is 0.0198. The van der Waals surface area contributed by atoms with Crippen LogP contribution in [0.2, 0.25) is 0 Å². The van der Waals surface area contributed by atoms with Gasteiger partial charge in [-0.3, -0.25) is 9.59 Å². The molecule has 1 fully saturated rings. The van der Waals surface area contributed by atoms with Crippen molar-refractivity contribution < 1.29 is 28.5 Å². The van der Waals surface area contributed by atoms with Gasteiger partial charge in [-0.05, 0) is 94.0 Å². The third kappa shape index (κ3) is 27.2. The van der Waals surface area contributed by atoms with Crippen molar-refractivity contribution in [3.63, 3.8) is 0 Å². The van der Waals surface area contributed by atoms with Crippen LogP contribution in [0.5, 0.6) is 0 Å². The van der Waals surface area contributed by atoms with Crippen LogP contribution in [0.25, 0.3) is 0 Å². The smallest absolute Gasteiger partial charge is 0.305 e. The highest BCUT2D eigenvalue weighted by Gasteiger charge is 2.40. The summed E-state index contributed by atoms with van der Waals surface area (Å²) >= 11 is 0. The summed E-state index contributed by atoms with van der Waals surface area (Å²) in [7, 11) is 2.18. The predicted molar refractivity (Wildman–Crippen MR) is 231 cm³/mol. The van der Waals surface area contributed by atoms with E-state index in [0.717, 1.165) is 83.7 Å². The number of rotatable bonds is 36. The number of nitrogens with zero attached hydrogens (tertiary/aromatic N) is 1. The molecule has 7 nitrogen and oxygen atoms in total. The highest BCUT2D eigenvalue weighted by Crippen LogP contribution is 2.36. The number of carbonyl (C=O) groups excluding carboxylic acids is 2. The molecule has 1 aliphatic heterocycles. The number of hydrogen-bond donors (Lipinski definition) is 0. The van der Waals surface area contributed by atoms with E-state index >= 15 is 0 Å². The summed E-state index contributed by atoms with van der Waals surface area (Å²) in [6, 6.07) is 0. The average molecular weight is 780 g/mol. The SMILES string of the molecule is CCN(C)CCC1COC(CCCCCCCCCC(=O)OCC(CCC(C)C)C(C)C)(CCCCCCCCCC(=O)OCC(CCC(C)C)C(C)C)O1. The molecule has 0 aromatic heterocycles. The first kappa shape index (κ1) is 51.8. The van der Waals surface area contributed by atoms with Crippen LogP contribution in [0.1, 0.15) is 210 Å². The molecule has 0 aromatic rings. The molecule has 1 aliphatic rings. The number of ether oxygens (including phenoxy) is 4. The Bertz CT molecular complexity index is 877. The van der Waals surface area contributed by atoms with Crippen LogP contribution in [0, 0.1) is 35.5 Å². The maximum atomic E-state index is 12.4. The molecule has 1 rings (SSSR count). The average Bonchev–Trinajstić information content (AvgIpc) is 3.54. The fraction of sp³-hybridized carbons (Fsp3) is 0.958. The van der Waals surface area contributed by atoms with Gasteiger partial charge < -0.3 is 23.8 Å². The molecule has 0 N–H and O–H groups in total. The second-order valence-corrected chi connectivity index (χ2v) is 18.9. The van der Waals surface area contributed by atoms with Crippen LogP contribution in [-0.2, 0) is 28.5 Å². The molecule has 0 aliphatic carbocycles. The van der Waals surface area contributed by atoms with E-state index in [9.17, 15) is 9.59 Å². The maximum Gasteiger partial charge on any atom is 0.305 e. The molecule has 3 unspecified atom stereocenters. The molecular weight excluding hydrogens is 687 g/mol. The van der Waals surface area contributed by atoms with Crippen molar-refractivity contribution >= 4 is 11.9 Å². The van der Waals surface area contributed by atoms with Gasteiger partial charge in [0.15, 0.2) is 5.79 Å². The normalized spacial score (nSPS) is 18.6. The van der Waals surface area contributed by atoms with Crippen molar-refractivity contribution in [1.82, 2.24) is 4.90 Å². The molecule has 0 radical (unpaired) electrons. The summed E-state index contributed by atoms with van der Waals surface area (Å²) in [5.41, 5.74) is 0. The summed E-state index contributed by atoms with van der Waals surface area (Å²) in [6.07, 6.45) is 25.0. The first-order valence-electron chi connectivity index (χ1n) is 23.6. The fourth-order valence-electron chi connectivity index (χ4n) is 7.62. The lowest BCUT2D eigenvalue weighted by molar-refractivity contribution is -0.180. The van der Waals surface area contributed by atoms with E-state index < -0.39 is 5.79 Å². The lowest BCUT2D eigenvalue weighted by Gasteiger charge is -2.29. The lowest BCUT2D eigenvalue weighted by atomic mass is 9.89. The van der Waals surface area contributed by atoms with Crippen molar-refractivity contribution in [2.45, 2.75) is 222 Å². The summed E-state index contributed by atoms with van der Waals surface area (Å²) < 4.78 is 24.6. The first-order valence-corrected chi connectivity index (χ1v) is 23.6. The second-order valence-electron chi connectivity index (χ2n) is 18.9. The predicted octanol–water partition coefficient (Wildman–Crippen LogP) is 13.0. The van der Waals surface area contributed by atoms with E-state index in [1.807, 2.05) is 0 Å². The Kier molecular flexibility index (Phi) is 29.9. The summed E-state index contributed by atoms with van der Waals surface area (Å²) in [4.78, 5) is 27.1. The van der Waals surface area contributed by atoms with Crippen LogP contribution in [0.3, 0.4) is 0 Å². The van der Waals surface area contributed by atoms with Gasteiger partial charge in [0, 0.05) is 32.2 Å². The first-order chi connectivity index (χ1) is 26.3. The maximum absolute atomic E-state index is 12.4.